The van der Waals surface area contributed by atoms with Gasteiger partial charge >= 0.3 is 5.97 Å². The molecule has 52 heavy (non-hydrogen) atoms. The molecule has 3 aliphatic heterocycles. The Morgan fingerprint density at radius 2 is 1.85 bits per heavy atom. The van der Waals surface area contributed by atoms with E-state index in [1.54, 1.807) is 0 Å². The van der Waals surface area contributed by atoms with Gasteiger partial charge in [-0.15, -0.1) is 0 Å². The zero-order valence-electron chi connectivity index (χ0n) is 29.1. The van der Waals surface area contributed by atoms with E-state index in [9.17, 15) is 34.5 Å². The number of phenols is 2. The number of carbonyl (C=O) groups excluding carboxylic acids is 4. The first kappa shape index (κ1) is 36.7. The lowest BCUT2D eigenvalue weighted by molar-refractivity contribution is -0.256. The summed E-state index contributed by atoms with van der Waals surface area (Å²) in [5, 5.41) is 35.7. The fraction of sp³-hybridized carbons (Fsp3) is 0.556. The van der Waals surface area contributed by atoms with Crippen LogP contribution in [0.2, 0.25) is 0 Å². The summed E-state index contributed by atoms with van der Waals surface area (Å²) >= 11 is 1.43. The van der Waals surface area contributed by atoms with E-state index in [0.717, 1.165) is 0 Å². The molecule has 0 radical (unpaired) electrons. The zero-order valence-corrected chi connectivity index (χ0v) is 29.9. The third-order valence-electron chi connectivity index (χ3n) is 10.6. The first-order chi connectivity index (χ1) is 24.9. The Bertz CT molecular complexity index is 1800. The molecule has 15 nitrogen and oxygen atoms in total. The van der Waals surface area contributed by atoms with Gasteiger partial charge in [-0.2, -0.15) is 11.8 Å². The fourth-order valence-corrected chi connectivity index (χ4v) is 8.45. The number of methoxy groups -OCH3 is 2. The molecule has 2 aromatic carbocycles. The number of hydrogen-bond acceptors (Lipinski definition) is 16. The summed E-state index contributed by atoms with van der Waals surface area (Å²) in [4.78, 5) is 56.0. The Labute approximate surface area is 303 Å². The normalized spacial score (nSPS) is 30.8. The van der Waals surface area contributed by atoms with Gasteiger partial charge < -0.3 is 48.5 Å². The number of rotatable bonds is 10. The number of aromatic hydroxyl groups is 2. The van der Waals surface area contributed by atoms with Crippen LogP contribution in [0, 0.1) is 0 Å². The third-order valence-corrected chi connectivity index (χ3v) is 11.2. The van der Waals surface area contributed by atoms with E-state index < -0.39 is 102 Å². The maximum absolute atomic E-state index is 14.0. The zero-order chi connectivity index (χ0) is 37.1. The highest BCUT2D eigenvalue weighted by molar-refractivity contribution is 7.98. The molecule has 7 rings (SSSR count). The van der Waals surface area contributed by atoms with Gasteiger partial charge in [0.1, 0.15) is 29.0 Å². The minimum Gasteiger partial charge on any atom is -0.507 e. The van der Waals surface area contributed by atoms with Gasteiger partial charge in [-0.05, 0) is 19.2 Å². The molecule has 2 unspecified atom stereocenters. The quantitative estimate of drug-likeness (QED) is 0.201. The lowest BCUT2D eigenvalue weighted by Crippen LogP contribution is -2.55. The number of fused-ring (bicyclic) bond motifs is 6. The SMILES string of the molecule is COc1cccc2c1C(=O)c1c(O)c3c(c(O)c1C2=O)C[C@@](O)(C(=O)COC(=O)CCSC)C[C@@H]3O[C@H]1CC2[C@@H](O[C@@H]3[C@@H](OC)OCCN23)C(C)O1. The van der Waals surface area contributed by atoms with Crippen LogP contribution in [0.1, 0.15) is 75.3 Å². The van der Waals surface area contributed by atoms with Crippen LogP contribution in [0.25, 0.3) is 0 Å². The Kier molecular flexibility index (Phi) is 10.1. The molecule has 3 heterocycles. The van der Waals surface area contributed by atoms with Gasteiger partial charge in [-0.25, -0.2) is 0 Å². The van der Waals surface area contributed by atoms with Crippen LogP contribution in [0.15, 0.2) is 18.2 Å². The van der Waals surface area contributed by atoms with Crippen molar-refractivity contribution in [2.75, 3.05) is 46.0 Å². The second-order valence-corrected chi connectivity index (χ2v) is 14.5. The van der Waals surface area contributed by atoms with Gasteiger partial charge in [0.05, 0.1) is 49.0 Å². The summed E-state index contributed by atoms with van der Waals surface area (Å²) in [7, 11) is 2.88. The largest absolute Gasteiger partial charge is 0.507 e. The molecular formula is C36H41NO14S. The van der Waals surface area contributed by atoms with E-state index in [1.165, 1.54) is 44.2 Å². The number of esters is 1. The maximum atomic E-state index is 14.0. The molecule has 280 valence electrons. The minimum absolute atomic E-state index is 0.0475. The number of ether oxygens (including phenoxy) is 7. The highest BCUT2D eigenvalue weighted by atomic mass is 32.2. The summed E-state index contributed by atoms with van der Waals surface area (Å²) in [6, 6.07) is 4.23. The maximum Gasteiger partial charge on any atom is 0.307 e. The number of benzene rings is 2. The highest BCUT2D eigenvalue weighted by Crippen LogP contribution is 2.53. The van der Waals surface area contributed by atoms with Crippen LogP contribution in [-0.4, -0.2) is 132 Å². The molecule has 8 atom stereocenters. The van der Waals surface area contributed by atoms with Gasteiger partial charge in [-0.3, -0.25) is 24.1 Å². The van der Waals surface area contributed by atoms with Crippen molar-refractivity contribution < 1.29 is 67.7 Å². The Morgan fingerprint density at radius 3 is 2.58 bits per heavy atom. The van der Waals surface area contributed by atoms with Gasteiger partial charge in [-0.1, -0.05) is 12.1 Å². The molecule has 16 heteroatoms. The standard InChI is InChI=1S/C36H41NO14S/c1-16-33-19(37-9-10-47-35(46-3)34(37)51-33)12-24(49-16)50-21-14-36(44,22(38)15-48-23(39)8-11-52-4)13-18-26(21)32(43)28-27(30(18)41)29(40)17-6-5-7-20(45-2)25(17)31(28)42/h5-7,16,19,21,24,33-35,41,43-44H,8-15H2,1-4H3/t16?,19?,21-,24-,33-,34+,35-,36-/m0/s1. The predicted octanol–water partition coefficient (Wildman–Crippen LogP) is 2.02. The number of ketones is 3. The van der Waals surface area contributed by atoms with Gasteiger partial charge in [0.15, 0.2) is 31.2 Å². The van der Waals surface area contributed by atoms with E-state index in [-0.39, 0.29) is 53.0 Å². The van der Waals surface area contributed by atoms with Crippen LogP contribution in [-0.2, 0) is 44.4 Å². The van der Waals surface area contributed by atoms with Crippen molar-refractivity contribution in [2.24, 2.45) is 0 Å². The van der Waals surface area contributed by atoms with Crippen LogP contribution < -0.4 is 4.74 Å². The lowest BCUT2D eigenvalue weighted by atomic mass is 9.72. The van der Waals surface area contributed by atoms with E-state index >= 15 is 0 Å². The molecule has 0 bridgehead atoms. The number of thioether (sulfide) groups is 1. The number of hydrogen-bond donors (Lipinski definition) is 3. The van der Waals surface area contributed by atoms with Gasteiger partial charge in [0, 0.05) is 61.4 Å². The Hall–Kier alpha value is -3.61. The van der Waals surface area contributed by atoms with E-state index in [2.05, 4.69) is 4.90 Å². The van der Waals surface area contributed by atoms with Crippen molar-refractivity contribution in [3.05, 3.63) is 51.6 Å². The molecule has 3 saturated heterocycles. The molecule has 3 fully saturated rings. The smallest absolute Gasteiger partial charge is 0.307 e. The summed E-state index contributed by atoms with van der Waals surface area (Å²) in [6.45, 7) is 2.03. The van der Waals surface area contributed by atoms with Crippen molar-refractivity contribution in [3.8, 4) is 17.2 Å². The molecule has 0 saturated carbocycles. The van der Waals surface area contributed by atoms with Crippen LogP contribution >= 0.6 is 11.8 Å². The topological polar surface area (TPSA) is 197 Å². The Morgan fingerprint density at radius 1 is 1.08 bits per heavy atom. The van der Waals surface area contributed by atoms with Gasteiger partial charge in [0.25, 0.3) is 0 Å². The van der Waals surface area contributed by atoms with Gasteiger partial charge in [0.2, 0.25) is 11.6 Å². The number of aliphatic hydroxyl groups is 1. The monoisotopic (exact) mass is 743 g/mol. The number of morpholine rings is 1. The summed E-state index contributed by atoms with van der Waals surface area (Å²) < 4.78 is 40.8. The number of phenolic OH excluding ortho intramolecular Hbond substituents is 2. The molecular weight excluding hydrogens is 702 g/mol. The van der Waals surface area contributed by atoms with Crippen LogP contribution in [0.4, 0.5) is 0 Å². The number of carbonyl (C=O) groups is 4. The molecule has 0 aromatic heterocycles. The molecule has 2 aromatic rings. The fourth-order valence-electron chi connectivity index (χ4n) is 8.08. The molecule has 3 N–H and O–H groups in total. The lowest BCUT2D eigenvalue weighted by Gasteiger charge is -2.43. The van der Waals surface area contributed by atoms with Crippen molar-refractivity contribution in [1.82, 2.24) is 4.90 Å². The molecule has 0 amide bonds. The third kappa shape index (κ3) is 6.08. The summed E-state index contributed by atoms with van der Waals surface area (Å²) in [5.41, 5.74) is -3.56. The molecule has 5 aliphatic rings. The molecule has 2 aliphatic carbocycles. The van der Waals surface area contributed by atoms with E-state index in [1.807, 2.05) is 13.2 Å². The van der Waals surface area contributed by atoms with E-state index in [4.69, 9.17) is 33.2 Å². The van der Waals surface area contributed by atoms with Crippen molar-refractivity contribution in [2.45, 2.75) is 81.4 Å². The van der Waals surface area contributed by atoms with Crippen LogP contribution in [0.5, 0.6) is 17.2 Å². The predicted molar refractivity (Wildman–Crippen MR) is 181 cm³/mol. The second-order valence-electron chi connectivity index (χ2n) is 13.5. The Balaban J connectivity index is 1.27. The second kappa shape index (κ2) is 14.3. The first-order valence-electron chi connectivity index (χ1n) is 17.1. The van der Waals surface area contributed by atoms with Crippen LogP contribution in [0.3, 0.4) is 0 Å². The summed E-state index contributed by atoms with van der Waals surface area (Å²) in [5.74, 6) is -3.76. The van der Waals surface area contributed by atoms with E-state index in [0.29, 0.717) is 18.9 Å². The molecule has 0 spiro atoms. The number of Topliss-reactive ketones (excluding diaryl/α,β-unsaturated/α-hetero) is 1. The summed E-state index contributed by atoms with van der Waals surface area (Å²) in [6.07, 6.45) is -3.14. The number of nitrogens with zero attached hydrogens (tertiary/aromatic N) is 1. The first-order valence-corrected chi connectivity index (χ1v) is 18.5. The van der Waals surface area contributed by atoms with Crippen molar-refractivity contribution in [1.29, 1.82) is 0 Å². The van der Waals surface area contributed by atoms with Crippen molar-refractivity contribution >= 4 is 35.1 Å². The highest BCUT2D eigenvalue weighted by Gasteiger charge is 2.55. The average Bonchev–Trinajstić information content (AvgIpc) is 3.52. The average molecular weight is 744 g/mol. The van der Waals surface area contributed by atoms with Crippen molar-refractivity contribution in [3.63, 3.8) is 0 Å². The minimum atomic E-state index is -2.28.